The zero-order chi connectivity index (χ0) is 20.5. The van der Waals surface area contributed by atoms with Gasteiger partial charge in [-0.25, -0.2) is 18.4 Å². The van der Waals surface area contributed by atoms with Crippen molar-refractivity contribution >= 4 is 27.8 Å². The van der Waals surface area contributed by atoms with Crippen molar-refractivity contribution in [2.75, 3.05) is 5.32 Å². The number of rotatable bonds is 7. The van der Waals surface area contributed by atoms with Crippen LogP contribution in [0.5, 0.6) is 0 Å². The van der Waals surface area contributed by atoms with E-state index >= 15 is 0 Å². The summed E-state index contributed by atoms with van der Waals surface area (Å²) in [7, 11) is 0. The quantitative estimate of drug-likeness (QED) is 0.572. The lowest BCUT2D eigenvalue weighted by molar-refractivity contribution is -0.117. The molecule has 0 radical (unpaired) electrons. The Morgan fingerprint density at radius 2 is 2.14 bits per heavy atom. The predicted octanol–water partition coefficient (Wildman–Crippen LogP) is 4.05. The number of carbonyl (C=O) groups is 1. The van der Waals surface area contributed by atoms with Crippen LogP contribution >= 0.6 is 15.9 Å². The first-order valence-electron chi connectivity index (χ1n) is 9.20. The summed E-state index contributed by atoms with van der Waals surface area (Å²) >= 11 is 3.22. The van der Waals surface area contributed by atoms with Crippen molar-refractivity contribution in [2.45, 2.75) is 45.2 Å². The van der Waals surface area contributed by atoms with E-state index in [-0.39, 0.29) is 24.1 Å². The molecule has 152 valence electrons. The molecule has 2 aromatic heterocycles. The topological polar surface area (TPSA) is 77.6 Å². The molecule has 0 atom stereocenters. The first-order valence-corrected chi connectivity index (χ1v) is 9.99. The van der Waals surface area contributed by atoms with E-state index in [1.54, 1.807) is 4.68 Å². The molecule has 4 rings (SSSR count). The highest BCUT2D eigenvalue weighted by atomic mass is 79.9. The molecule has 0 aliphatic heterocycles. The van der Waals surface area contributed by atoms with Crippen LogP contribution in [0, 0.1) is 6.92 Å². The van der Waals surface area contributed by atoms with Gasteiger partial charge in [-0.15, -0.1) is 5.10 Å². The van der Waals surface area contributed by atoms with Crippen molar-refractivity contribution in [1.82, 2.24) is 24.5 Å². The minimum atomic E-state index is -2.70. The molecular weight excluding hydrogens is 446 g/mol. The summed E-state index contributed by atoms with van der Waals surface area (Å²) < 4.78 is 29.6. The monoisotopic (exact) mass is 464 g/mol. The third-order valence-electron chi connectivity index (χ3n) is 4.64. The fourth-order valence-corrected chi connectivity index (χ4v) is 3.99. The molecular formula is C19H19BrF2N6O. The molecule has 1 amide bonds. The average molecular weight is 465 g/mol. The number of hydrogen-bond donors (Lipinski definition) is 1. The van der Waals surface area contributed by atoms with E-state index < -0.39 is 12.3 Å². The van der Waals surface area contributed by atoms with E-state index in [1.807, 2.05) is 25.1 Å². The number of nitrogens with one attached hydrogen (secondary N) is 1. The molecule has 10 heteroatoms. The summed E-state index contributed by atoms with van der Waals surface area (Å²) in [6.07, 6.45) is 0.636. The van der Waals surface area contributed by atoms with Gasteiger partial charge in [0, 0.05) is 5.92 Å². The molecule has 1 fully saturated rings. The standard InChI is InChI=1S/C19H19BrF2N6O/c1-11-3-2-4-12(7-11)8-27-10-23-19(26-27)24-14(29)9-28-17(13-5-6-13)15(20)16(25-28)18(21)22/h2-4,7,10,13,18H,5-6,8-9H2,1H3,(H,24,26,29). The Labute approximate surface area is 174 Å². The Morgan fingerprint density at radius 3 is 2.83 bits per heavy atom. The summed E-state index contributed by atoms with van der Waals surface area (Å²) in [5, 5.41) is 10.8. The van der Waals surface area contributed by atoms with Crippen molar-refractivity contribution in [1.29, 1.82) is 0 Å². The molecule has 1 aromatic carbocycles. The van der Waals surface area contributed by atoms with Crippen LogP contribution in [-0.2, 0) is 17.9 Å². The summed E-state index contributed by atoms with van der Waals surface area (Å²) in [5.41, 5.74) is 2.53. The molecule has 29 heavy (non-hydrogen) atoms. The van der Waals surface area contributed by atoms with Gasteiger partial charge in [-0.3, -0.25) is 14.8 Å². The van der Waals surface area contributed by atoms with E-state index in [4.69, 9.17) is 0 Å². The Morgan fingerprint density at radius 1 is 1.34 bits per heavy atom. The van der Waals surface area contributed by atoms with Gasteiger partial charge in [-0.1, -0.05) is 29.8 Å². The van der Waals surface area contributed by atoms with Gasteiger partial charge < -0.3 is 0 Å². The van der Waals surface area contributed by atoms with E-state index in [0.29, 0.717) is 16.7 Å². The zero-order valence-electron chi connectivity index (χ0n) is 15.6. The first kappa shape index (κ1) is 19.7. The molecule has 1 N–H and O–H groups in total. The lowest BCUT2D eigenvalue weighted by Gasteiger charge is -2.06. The van der Waals surface area contributed by atoms with Crippen molar-refractivity contribution in [3.63, 3.8) is 0 Å². The second-order valence-electron chi connectivity index (χ2n) is 7.12. The van der Waals surface area contributed by atoms with Crippen LogP contribution in [-0.4, -0.2) is 30.5 Å². The molecule has 1 saturated carbocycles. The maximum absolute atomic E-state index is 13.2. The fourth-order valence-electron chi connectivity index (χ4n) is 3.20. The van der Waals surface area contributed by atoms with Crippen LogP contribution in [0.2, 0.25) is 0 Å². The molecule has 7 nitrogen and oxygen atoms in total. The number of alkyl halides is 2. The lowest BCUT2D eigenvalue weighted by Crippen LogP contribution is -2.21. The van der Waals surface area contributed by atoms with Crippen molar-refractivity contribution < 1.29 is 13.6 Å². The Bertz CT molecular complexity index is 1040. The van der Waals surface area contributed by atoms with Crippen molar-refractivity contribution in [2.24, 2.45) is 0 Å². The number of hydrogen-bond acceptors (Lipinski definition) is 4. The minimum Gasteiger partial charge on any atom is -0.292 e. The minimum absolute atomic E-state index is 0.156. The van der Waals surface area contributed by atoms with Gasteiger partial charge >= 0.3 is 0 Å². The van der Waals surface area contributed by atoms with E-state index in [1.165, 1.54) is 11.0 Å². The smallest absolute Gasteiger partial charge is 0.283 e. The van der Waals surface area contributed by atoms with Crippen LogP contribution in [0.4, 0.5) is 14.7 Å². The molecule has 2 heterocycles. The third-order valence-corrected chi connectivity index (χ3v) is 5.45. The molecule has 1 aliphatic carbocycles. The highest BCUT2D eigenvalue weighted by Gasteiger charge is 2.34. The third kappa shape index (κ3) is 4.52. The SMILES string of the molecule is Cc1cccc(Cn2cnc(NC(=O)Cn3nc(C(F)F)c(Br)c3C3CC3)n2)c1. The van der Waals surface area contributed by atoms with Crippen molar-refractivity contribution in [3.8, 4) is 0 Å². The Balaban J connectivity index is 1.43. The van der Waals surface area contributed by atoms with E-state index in [2.05, 4.69) is 42.5 Å². The fraction of sp³-hybridized carbons (Fsp3) is 0.368. The lowest BCUT2D eigenvalue weighted by atomic mass is 10.1. The normalized spacial score (nSPS) is 13.8. The Kier molecular flexibility index (Phi) is 5.44. The number of anilines is 1. The van der Waals surface area contributed by atoms with Crippen LogP contribution < -0.4 is 5.32 Å². The number of benzene rings is 1. The zero-order valence-corrected chi connectivity index (χ0v) is 17.2. The highest BCUT2D eigenvalue weighted by Crippen LogP contribution is 2.45. The van der Waals surface area contributed by atoms with Gasteiger partial charge in [0.05, 0.1) is 16.7 Å². The van der Waals surface area contributed by atoms with E-state index in [9.17, 15) is 13.6 Å². The van der Waals surface area contributed by atoms with Gasteiger partial charge in [0.25, 0.3) is 6.43 Å². The first-order chi connectivity index (χ1) is 13.9. The maximum atomic E-state index is 13.2. The van der Waals surface area contributed by atoms with Gasteiger partial charge in [0.15, 0.2) is 0 Å². The number of halogens is 3. The molecule has 3 aromatic rings. The number of amides is 1. The average Bonchev–Trinajstić information content (AvgIpc) is 3.31. The number of carbonyl (C=O) groups excluding carboxylic acids is 1. The summed E-state index contributed by atoms with van der Waals surface area (Å²) in [6, 6.07) is 8.02. The second kappa shape index (κ2) is 8.02. The van der Waals surface area contributed by atoms with Gasteiger partial charge in [0.1, 0.15) is 18.6 Å². The second-order valence-corrected chi connectivity index (χ2v) is 7.91. The largest absolute Gasteiger partial charge is 0.292 e. The maximum Gasteiger partial charge on any atom is 0.283 e. The van der Waals surface area contributed by atoms with Crippen molar-refractivity contribution in [3.05, 3.63) is 57.6 Å². The van der Waals surface area contributed by atoms with Crippen LogP contribution in [0.1, 0.15) is 47.7 Å². The number of nitrogens with zero attached hydrogens (tertiary/aromatic N) is 5. The summed E-state index contributed by atoms with van der Waals surface area (Å²) in [6.45, 7) is 2.36. The van der Waals surface area contributed by atoms with Gasteiger partial charge in [0.2, 0.25) is 11.9 Å². The van der Waals surface area contributed by atoms with Gasteiger partial charge in [-0.05, 0) is 41.3 Å². The predicted molar refractivity (Wildman–Crippen MR) is 106 cm³/mol. The molecule has 0 unspecified atom stereocenters. The molecule has 1 aliphatic rings. The van der Waals surface area contributed by atoms with Crippen LogP contribution in [0.15, 0.2) is 35.1 Å². The molecule has 0 spiro atoms. The number of aryl methyl sites for hydroxylation is 1. The number of aromatic nitrogens is 5. The van der Waals surface area contributed by atoms with Gasteiger partial charge in [-0.2, -0.15) is 5.10 Å². The van der Waals surface area contributed by atoms with Crippen LogP contribution in [0.25, 0.3) is 0 Å². The van der Waals surface area contributed by atoms with Crippen LogP contribution in [0.3, 0.4) is 0 Å². The summed E-state index contributed by atoms with van der Waals surface area (Å²) in [5.74, 6) is -0.101. The molecule has 0 bridgehead atoms. The summed E-state index contributed by atoms with van der Waals surface area (Å²) in [4.78, 5) is 16.5. The molecule has 0 saturated heterocycles. The Hall–Kier alpha value is -2.62. The van der Waals surface area contributed by atoms with E-state index in [0.717, 1.165) is 24.0 Å². The highest BCUT2D eigenvalue weighted by molar-refractivity contribution is 9.10.